The van der Waals surface area contributed by atoms with Crippen molar-refractivity contribution >= 4 is 30.8 Å². The molecule has 1 amide bonds. The number of hydrogen-bond donors (Lipinski definition) is 1. The molecular formula is C29H33N3O4Si. The van der Waals surface area contributed by atoms with Crippen molar-refractivity contribution in [2.75, 3.05) is 12.3 Å². The molecule has 5 rings (SSSR count). The summed E-state index contributed by atoms with van der Waals surface area (Å²) in [6.07, 6.45) is 0.623. The van der Waals surface area contributed by atoms with Crippen LogP contribution in [-0.4, -0.2) is 30.1 Å². The minimum atomic E-state index is -1.21. The van der Waals surface area contributed by atoms with E-state index < -0.39 is 13.8 Å². The van der Waals surface area contributed by atoms with Crippen LogP contribution in [0.5, 0.6) is 0 Å². The number of benzene rings is 3. The van der Waals surface area contributed by atoms with Crippen molar-refractivity contribution < 1.29 is 13.9 Å². The molecule has 4 aromatic rings. The van der Waals surface area contributed by atoms with Gasteiger partial charge in [-0.25, -0.2) is 9.36 Å². The molecule has 0 saturated carbocycles. The molecule has 0 bridgehead atoms. The van der Waals surface area contributed by atoms with Gasteiger partial charge in [0.1, 0.15) is 6.73 Å². The van der Waals surface area contributed by atoms with Crippen molar-refractivity contribution in [1.29, 1.82) is 0 Å². The minimum Gasteiger partial charge on any atom is -0.408 e. The third-order valence-electron chi connectivity index (χ3n) is 6.96. The lowest BCUT2D eigenvalue weighted by Crippen LogP contribution is -2.29. The zero-order valence-corrected chi connectivity index (χ0v) is 22.6. The van der Waals surface area contributed by atoms with Crippen LogP contribution in [0.3, 0.4) is 0 Å². The Balaban J connectivity index is 1.38. The number of oxazole rings is 1. The molecule has 7 nitrogen and oxygen atoms in total. The van der Waals surface area contributed by atoms with Crippen molar-refractivity contribution in [3.05, 3.63) is 99.5 Å². The summed E-state index contributed by atoms with van der Waals surface area (Å²) in [5.41, 5.74) is 11.8. The third-order valence-corrected chi connectivity index (χ3v) is 8.66. The van der Waals surface area contributed by atoms with Gasteiger partial charge in [0.2, 0.25) is 0 Å². The van der Waals surface area contributed by atoms with Gasteiger partial charge in [0.15, 0.2) is 5.58 Å². The molecule has 1 unspecified atom stereocenters. The van der Waals surface area contributed by atoms with Crippen molar-refractivity contribution in [3.8, 4) is 0 Å². The highest BCUT2D eigenvalue weighted by Crippen LogP contribution is 2.38. The highest BCUT2D eigenvalue weighted by molar-refractivity contribution is 6.76. The molecule has 0 fully saturated rings. The zero-order valence-electron chi connectivity index (χ0n) is 21.6. The standard InChI is InChI=1S/C29H33N3O4Si/c1-37(2,3)15-14-35-19-32-25-13-12-20(16-27(25)36-29(32)34)18-31-26(17-21-8-4-7-11-24(21)30)22-9-5-6-10-23(22)28(31)33/h4-13,16,26H,14-15,17-19,30H2,1-3H3. The number of fused-ring (bicyclic) bond motifs is 2. The van der Waals surface area contributed by atoms with Crippen LogP contribution in [0.25, 0.3) is 11.1 Å². The third kappa shape index (κ3) is 5.26. The second kappa shape index (κ2) is 10.0. The van der Waals surface area contributed by atoms with Crippen LogP contribution < -0.4 is 11.5 Å². The number of carbonyl (C=O) groups is 1. The Morgan fingerprint density at radius 2 is 1.76 bits per heavy atom. The van der Waals surface area contributed by atoms with Gasteiger partial charge < -0.3 is 19.8 Å². The van der Waals surface area contributed by atoms with Crippen LogP contribution in [0.15, 0.2) is 75.9 Å². The molecule has 0 spiro atoms. The highest BCUT2D eigenvalue weighted by Gasteiger charge is 2.36. The van der Waals surface area contributed by atoms with E-state index in [1.54, 1.807) is 0 Å². The number of amides is 1. The molecule has 3 aromatic carbocycles. The van der Waals surface area contributed by atoms with Crippen molar-refractivity contribution in [1.82, 2.24) is 9.47 Å². The fourth-order valence-electron chi connectivity index (χ4n) is 4.84. The number of ether oxygens (including phenoxy) is 1. The Hall–Kier alpha value is -3.62. The van der Waals surface area contributed by atoms with E-state index in [2.05, 4.69) is 19.6 Å². The van der Waals surface area contributed by atoms with E-state index in [-0.39, 0.29) is 18.7 Å². The van der Waals surface area contributed by atoms with E-state index in [1.165, 1.54) is 4.57 Å². The van der Waals surface area contributed by atoms with E-state index in [1.807, 2.05) is 71.6 Å². The monoisotopic (exact) mass is 515 g/mol. The zero-order chi connectivity index (χ0) is 26.2. The number of rotatable bonds is 9. The molecule has 2 heterocycles. The van der Waals surface area contributed by atoms with Gasteiger partial charge in [-0.2, -0.15) is 0 Å². The molecule has 37 heavy (non-hydrogen) atoms. The van der Waals surface area contributed by atoms with Gasteiger partial charge in [-0.05, 0) is 53.4 Å². The predicted octanol–water partition coefficient (Wildman–Crippen LogP) is 5.43. The molecule has 192 valence electrons. The lowest BCUT2D eigenvalue weighted by atomic mass is 9.97. The number of nitrogens with two attached hydrogens (primary N) is 1. The number of aromatic nitrogens is 1. The maximum absolute atomic E-state index is 13.4. The molecule has 8 heteroatoms. The van der Waals surface area contributed by atoms with Gasteiger partial charge in [0, 0.05) is 32.5 Å². The first-order valence-corrected chi connectivity index (χ1v) is 16.4. The smallest absolute Gasteiger partial charge is 0.408 e. The molecule has 0 radical (unpaired) electrons. The van der Waals surface area contributed by atoms with E-state index in [4.69, 9.17) is 14.9 Å². The molecule has 1 aliphatic rings. The fraction of sp³-hybridized carbons (Fsp3) is 0.310. The van der Waals surface area contributed by atoms with Gasteiger partial charge in [0.25, 0.3) is 5.91 Å². The molecule has 0 saturated heterocycles. The first-order valence-electron chi connectivity index (χ1n) is 12.6. The Bertz CT molecular complexity index is 1500. The summed E-state index contributed by atoms with van der Waals surface area (Å²) in [6.45, 7) is 8.05. The van der Waals surface area contributed by atoms with E-state index >= 15 is 0 Å². The van der Waals surface area contributed by atoms with Crippen molar-refractivity contribution in [2.45, 2.75) is 51.4 Å². The van der Waals surface area contributed by atoms with Gasteiger partial charge in [0.05, 0.1) is 11.6 Å². The van der Waals surface area contributed by atoms with Crippen molar-refractivity contribution in [3.63, 3.8) is 0 Å². The van der Waals surface area contributed by atoms with E-state index in [0.29, 0.717) is 30.7 Å². The number of anilines is 1. The number of hydrogen-bond acceptors (Lipinski definition) is 5. The van der Waals surface area contributed by atoms with Crippen LogP contribution >= 0.6 is 0 Å². The summed E-state index contributed by atoms with van der Waals surface area (Å²) in [5.74, 6) is -0.452. The number of nitrogens with zero attached hydrogens (tertiary/aromatic N) is 2. The van der Waals surface area contributed by atoms with Crippen LogP contribution in [0.1, 0.15) is 33.1 Å². The van der Waals surface area contributed by atoms with Gasteiger partial charge >= 0.3 is 5.76 Å². The summed E-state index contributed by atoms with van der Waals surface area (Å²) in [4.78, 5) is 27.8. The second-order valence-electron chi connectivity index (χ2n) is 10.9. The number of para-hydroxylation sites is 1. The summed E-state index contributed by atoms with van der Waals surface area (Å²) in [5, 5.41) is 0. The average molecular weight is 516 g/mol. The Morgan fingerprint density at radius 1 is 1.00 bits per heavy atom. The van der Waals surface area contributed by atoms with Gasteiger partial charge in [-0.3, -0.25) is 4.79 Å². The summed E-state index contributed by atoms with van der Waals surface area (Å²) in [7, 11) is -1.21. The molecular weight excluding hydrogens is 482 g/mol. The first-order chi connectivity index (χ1) is 17.7. The van der Waals surface area contributed by atoms with Crippen LogP contribution in [0.4, 0.5) is 5.69 Å². The van der Waals surface area contributed by atoms with Gasteiger partial charge in [-0.15, -0.1) is 0 Å². The SMILES string of the molecule is C[Si](C)(C)CCOCn1c(=O)oc2cc(CN3C(=O)c4ccccc4C3Cc3ccccc3N)ccc21. The quantitative estimate of drug-likeness (QED) is 0.182. The average Bonchev–Trinajstić information content (AvgIpc) is 3.31. The largest absolute Gasteiger partial charge is 0.421 e. The minimum absolute atomic E-state index is 0.00924. The maximum atomic E-state index is 13.4. The lowest BCUT2D eigenvalue weighted by Gasteiger charge is -2.26. The number of carbonyl (C=O) groups excluding carboxylic acids is 1. The first kappa shape index (κ1) is 25.0. The van der Waals surface area contributed by atoms with Crippen LogP contribution in [0, 0.1) is 0 Å². The lowest BCUT2D eigenvalue weighted by molar-refractivity contribution is 0.0709. The Labute approximate surface area is 217 Å². The Morgan fingerprint density at radius 3 is 2.54 bits per heavy atom. The fourth-order valence-corrected chi connectivity index (χ4v) is 5.60. The maximum Gasteiger partial charge on any atom is 0.421 e. The summed E-state index contributed by atoms with van der Waals surface area (Å²) in [6, 6.07) is 22.1. The number of nitrogen functional groups attached to an aromatic ring is 1. The molecule has 0 aliphatic carbocycles. The van der Waals surface area contributed by atoms with Crippen LogP contribution in [-0.2, 0) is 24.4 Å². The highest BCUT2D eigenvalue weighted by atomic mass is 28.3. The molecule has 1 aliphatic heterocycles. The van der Waals surface area contributed by atoms with E-state index in [0.717, 1.165) is 34.0 Å². The second-order valence-corrected chi connectivity index (χ2v) is 16.5. The normalized spacial score (nSPS) is 15.5. The predicted molar refractivity (Wildman–Crippen MR) is 148 cm³/mol. The Kier molecular flexibility index (Phi) is 6.79. The van der Waals surface area contributed by atoms with Crippen molar-refractivity contribution in [2.24, 2.45) is 0 Å². The van der Waals surface area contributed by atoms with Crippen LogP contribution in [0.2, 0.25) is 25.7 Å². The molecule has 1 aromatic heterocycles. The summed E-state index contributed by atoms with van der Waals surface area (Å²) < 4.78 is 12.8. The summed E-state index contributed by atoms with van der Waals surface area (Å²) >= 11 is 0. The molecule has 2 N–H and O–H groups in total. The van der Waals surface area contributed by atoms with Gasteiger partial charge in [-0.1, -0.05) is 62.1 Å². The topological polar surface area (TPSA) is 90.7 Å². The molecule has 1 atom stereocenters. The van der Waals surface area contributed by atoms with E-state index in [9.17, 15) is 9.59 Å².